The van der Waals surface area contributed by atoms with E-state index in [0.29, 0.717) is 0 Å². The van der Waals surface area contributed by atoms with Crippen LogP contribution in [0.25, 0.3) is 6.08 Å². The molecule has 5 nitrogen and oxygen atoms in total. The molecule has 2 aromatic carbocycles. The van der Waals surface area contributed by atoms with E-state index in [1.165, 1.54) is 6.08 Å². The molecule has 0 aliphatic carbocycles. The third kappa shape index (κ3) is 5.11. The average Bonchev–Trinajstić information content (AvgIpc) is 2.64. The number of hydrogen-bond donors (Lipinski definition) is 0. The Morgan fingerprint density at radius 3 is 2.28 bits per heavy atom. The smallest absolute Gasteiger partial charge is 0.349 e. The third-order valence-corrected chi connectivity index (χ3v) is 3.59. The highest BCUT2D eigenvalue weighted by Gasteiger charge is 2.11. The lowest BCUT2D eigenvalue weighted by atomic mass is 10.1. The van der Waals surface area contributed by atoms with Crippen LogP contribution >= 0.6 is 0 Å². The van der Waals surface area contributed by atoms with Crippen molar-refractivity contribution >= 4 is 17.7 Å². The first-order valence-electron chi connectivity index (χ1n) is 7.72. The number of methoxy groups -OCH3 is 1. The molecule has 0 aliphatic rings. The zero-order chi connectivity index (χ0) is 18.2. The number of ether oxygens (including phenoxy) is 2. The molecule has 0 heterocycles. The SMILES string of the molecule is COc1ccc(COC(=O)/C(C#N)=C/c2ccc(N(C)C)cc2)cc1. The van der Waals surface area contributed by atoms with Crippen LogP contribution in [0.15, 0.2) is 54.1 Å². The lowest BCUT2D eigenvalue weighted by Crippen LogP contribution is -2.08. The minimum Gasteiger partial charge on any atom is -0.497 e. The molecule has 0 bridgehead atoms. The number of carbonyl (C=O) groups is 1. The van der Waals surface area contributed by atoms with Gasteiger partial charge in [0.05, 0.1) is 7.11 Å². The van der Waals surface area contributed by atoms with Crippen molar-refractivity contribution in [2.45, 2.75) is 6.61 Å². The summed E-state index contributed by atoms with van der Waals surface area (Å²) in [7, 11) is 5.48. The zero-order valence-electron chi connectivity index (χ0n) is 14.5. The van der Waals surface area contributed by atoms with Crippen molar-refractivity contribution in [2.24, 2.45) is 0 Å². The summed E-state index contributed by atoms with van der Waals surface area (Å²) in [5.41, 5.74) is 2.59. The van der Waals surface area contributed by atoms with Crippen molar-refractivity contribution in [1.82, 2.24) is 0 Å². The van der Waals surface area contributed by atoms with E-state index in [1.807, 2.05) is 61.5 Å². The zero-order valence-corrected chi connectivity index (χ0v) is 14.5. The molecule has 0 aromatic heterocycles. The summed E-state index contributed by atoms with van der Waals surface area (Å²) in [4.78, 5) is 14.1. The van der Waals surface area contributed by atoms with Gasteiger partial charge in [0, 0.05) is 19.8 Å². The normalized spacial score (nSPS) is 10.7. The number of rotatable bonds is 6. The van der Waals surface area contributed by atoms with E-state index in [2.05, 4.69) is 0 Å². The highest BCUT2D eigenvalue weighted by molar-refractivity contribution is 5.97. The standard InChI is InChI=1S/C20H20N2O3/c1-22(2)18-8-4-15(5-9-18)12-17(13-21)20(23)25-14-16-6-10-19(24-3)11-7-16/h4-12H,14H2,1-3H3/b17-12+. The fraction of sp³-hybridized carbons (Fsp3) is 0.200. The lowest BCUT2D eigenvalue weighted by molar-refractivity contribution is -0.139. The topological polar surface area (TPSA) is 62.6 Å². The predicted octanol–water partition coefficient (Wildman–Crippen LogP) is 3.41. The van der Waals surface area contributed by atoms with Gasteiger partial charge in [-0.2, -0.15) is 5.26 Å². The Labute approximate surface area is 147 Å². The molecular weight excluding hydrogens is 316 g/mol. The van der Waals surface area contributed by atoms with Crippen LogP contribution in [0.5, 0.6) is 5.75 Å². The number of carbonyl (C=O) groups excluding carboxylic acids is 1. The second-order valence-corrected chi connectivity index (χ2v) is 5.58. The molecule has 2 aromatic rings. The van der Waals surface area contributed by atoms with Crippen molar-refractivity contribution in [3.05, 3.63) is 65.2 Å². The highest BCUT2D eigenvalue weighted by atomic mass is 16.5. The fourth-order valence-corrected chi connectivity index (χ4v) is 2.12. The van der Waals surface area contributed by atoms with E-state index in [4.69, 9.17) is 9.47 Å². The Kier molecular flexibility index (Phi) is 6.19. The van der Waals surface area contributed by atoms with Gasteiger partial charge in [0.25, 0.3) is 0 Å². The molecule has 128 valence electrons. The van der Waals surface area contributed by atoms with Gasteiger partial charge in [-0.25, -0.2) is 4.79 Å². The quantitative estimate of drug-likeness (QED) is 0.459. The molecule has 0 amide bonds. The van der Waals surface area contributed by atoms with Crippen LogP contribution in [0.1, 0.15) is 11.1 Å². The van der Waals surface area contributed by atoms with E-state index in [-0.39, 0.29) is 12.2 Å². The molecule has 2 rings (SSSR count). The van der Waals surface area contributed by atoms with E-state index in [9.17, 15) is 10.1 Å². The highest BCUT2D eigenvalue weighted by Crippen LogP contribution is 2.16. The number of esters is 1. The van der Waals surface area contributed by atoms with Gasteiger partial charge in [0.2, 0.25) is 0 Å². The molecule has 0 unspecified atom stereocenters. The molecule has 0 fully saturated rings. The van der Waals surface area contributed by atoms with E-state index < -0.39 is 5.97 Å². The van der Waals surface area contributed by atoms with Crippen LogP contribution in [0.3, 0.4) is 0 Å². The van der Waals surface area contributed by atoms with Gasteiger partial charge in [-0.05, 0) is 41.5 Å². The summed E-state index contributed by atoms with van der Waals surface area (Å²) in [6.45, 7) is 0.0986. The van der Waals surface area contributed by atoms with Crippen LogP contribution in [0.4, 0.5) is 5.69 Å². The Morgan fingerprint density at radius 1 is 1.12 bits per heavy atom. The summed E-state index contributed by atoms with van der Waals surface area (Å²) in [5, 5.41) is 9.22. The maximum atomic E-state index is 12.1. The summed E-state index contributed by atoms with van der Waals surface area (Å²) in [6.07, 6.45) is 1.52. The van der Waals surface area contributed by atoms with Crippen molar-refractivity contribution in [1.29, 1.82) is 5.26 Å². The Bertz CT molecular complexity index is 785. The van der Waals surface area contributed by atoms with Gasteiger partial charge in [0.1, 0.15) is 24.0 Å². The predicted molar refractivity (Wildman–Crippen MR) is 97.1 cm³/mol. The maximum absolute atomic E-state index is 12.1. The van der Waals surface area contributed by atoms with Crippen molar-refractivity contribution < 1.29 is 14.3 Å². The second-order valence-electron chi connectivity index (χ2n) is 5.58. The maximum Gasteiger partial charge on any atom is 0.349 e. The Balaban J connectivity index is 2.03. The molecule has 0 N–H and O–H groups in total. The Hall–Kier alpha value is -3.26. The van der Waals surface area contributed by atoms with Crippen LogP contribution in [-0.2, 0) is 16.1 Å². The van der Waals surface area contributed by atoms with Gasteiger partial charge in [0.15, 0.2) is 0 Å². The summed E-state index contributed by atoms with van der Waals surface area (Å²) in [6, 6.07) is 16.6. The van der Waals surface area contributed by atoms with Gasteiger partial charge < -0.3 is 14.4 Å². The summed E-state index contributed by atoms with van der Waals surface area (Å²) < 4.78 is 10.3. The lowest BCUT2D eigenvalue weighted by Gasteiger charge is -2.11. The molecule has 0 aliphatic heterocycles. The summed E-state index contributed by atoms with van der Waals surface area (Å²) >= 11 is 0. The first kappa shape index (κ1) is 18.1. The Morgan fingerprint density at radius 2 is 1.76 bits per heavy atom. The van der Waals surface area contributed by atoms with E-state index >= 15 is 0 Å². The first-order valence-corrected chi connectivity index (χ1v) is 7.72. The number of benzene rings is 2. The molecule has 5 heteroatoms. The van der Waals surface area contributed by atoms with Gasteiger partial charge in [-0.1, -0.05) is 24.3 Å². The van der Waals surface area contributed by atoms with Crippen molar-refractivity contribution in [3.63, 3.8) is 0 Å². The fourth-order valence-electron chi connectivity index (χ4n) is 2.12. The monoisotopic (exact) mass is 336 g/mol. The van der Waals surface area contributed by atoms with Crippen molar-refractivity contribution in [3.8, 4) is 11.8 Å². The molecule has 0 spiro atoms. The molecule has 25 heavy (non-hydrogen) atoms. The number of anilines is 1. The molecule has 0 radical (unpaired) electrons. The number of nitriles is 1. The molecule has 0 atom stereocenters. The molecular formula is C20H20N2O3. The summed E-state index contributed by atoms with van der Waals surface area (Å²) in [5.74, 6) is 0.0869. The average molecular weight is 336 g/mol. The second kappa shape index (κ2) is 8.55. The number of nitrogens with zero attached hydrogens (tertiary/aromatic N) is 2. The first-order chi connectivity index (χ1) is 12.0. The van der Waals surface area contributed by atoms with E-state index in [0.717, 1.165) is 22.6 Å². The number of hydrogen-bond acceptors (Lipinski definition) is 5. The third-order valence-electron chi connectivity index (χ3n) is 3.59. The van der Waals surface area contributed by atoms with E-state index in [1.54, 1.807) is 19.2 Å². The molecule has 0 saturated heterocycles. The van der Waals surface area contributed by atoms with Gasteiger partial charge in [-0.15, -0.1) is 0 Å². The van der Waals surface area contributed by atoms with Crippen LogP contribution < -0.4 is 9.64 Å². The molecule has 0 saturated carbocycles. The minimum atomic E-state index is -0.644. The largest absolute Gasteiger partial charge is 0.497 e. The van der Waals surface area contributed by atoms with Crippen LogP contribution in [0, 0.1) is 11.3 Å². The van der Waals surface area contributed by atoms with Gasteiger partial charge in [-0.3, -0.25) is 0 Å². The minimum absolute atomic E-state index is 0.0360. The van der Waals surface area contributed by atoms with Crippen LogP contribution in [-0.4, -0.2) is 27.2 Å². The van der Waals surface area contributed by atoms with Gasteiger partial charge >= 0.3 is 5.97 Å². The van der Waals surface area contributed by atoms with Crippen molar-refractivity contribution in [2.75, 3.05) is 26.1 Å². The van der Waals surface area contributed by atoms with Crippen LogP contribution in [0.2, 0.25) is 0 Å².